The van der Waals surface area contributed by atoms with Crippen molar-refractivity contribution in [1.29, 1.82) is 0 Å². The van der Waals surface area contributed by atoms with Gasteiger partial charge in [0, 0.05) is 60.0 Å². The molecule has 0 amide bonds. The van der Waals surface area contributed by atoms with Crippen molar-refractivity contribution in [3.05, 3.63) is 101 Å². The van der Waals surface area contributed by atoms with Crippen molar-refractivity contribution >= 4 is 49.1 Å². The molecule has 4 nitrogen and oxygen atoms in total. The van der Waals surface area contributed by atoms with Crippen LogP contribution in [0.4, 0.5) is 0 Å². The summed E-state index contributed by atoms with van der Waals surface area (Å²) in [6.07, 6.45) is 7.75. The molecule has 3 aromatic heterocycles. The van der Waals surface area contributed by atoms with Crippen LogP contribution in [-0.2, 0) is 36.7 Å². The first-order chi connectivity index (χ1) is 24.4. The summed E-state index contributed by atoms with van der Waals surface area (Å²) in [5, 5.41) is 15.8. The van der Waals surface area contributed by atoms with E-state index in [1.807, 2.05) is 45.1 Å². The van der Waals surface area contributed by atoms with E-state index in [0.29, 0.717) is 5.92 Å². The molecule has 52 heavy (non-hydrogen) atoms. The predicted octanol–water partition coefficient (Wildman–Crippen LogP) is 13.7. The Balaban J connectivity index is 0.000000323. The van der Waals surface area contributed by atoms with Gasteiger partial charge in [0.15, 0.2) is 11.4 Å². The number of furan rings is 1. The fraction of sp³-hybridized carbons (Fsp3) is 0.391. The van der Waals surface area contributed by atoms with Crippen molar-refractivity contribution in [3.8, 4) is 22.4 Å². The fourth-order valence-corrected chi connectivity index (χ4v) is 7.94. The van der Waals surface area contributed by atoms with Crippen molar-refractivity contribution in [2.75, 3.05) is 0 Å². The zero-order valence-corrected chi connectivity index (χ0v) is 35.4. The molecule has 0 atom stereocenters. The Hall–Kier alpha value is -3.57. The third-order valence-corrected chi connectivity index (χ3v) is 10.9. The second-order valence-corrected chi connectivity index (χ2v) is 16.1. The minimum Gasteiger partial charge on any atom is -0.512 e. The van der Waals surface area contributed by atoms with Crippen LogP contribution in [0.1, 0.15) is 99.1 Å². The topological polar surface area (TPSA) is 63.3 Å². The molecule has 0 spiro atoms. The van der Waals surface area contributed by atoms with Crippen molar-refractivity contribution in [2.24, 2.45) is 17.8 Å². The number of carbonyl (C=O) groups is 1. The SMILES string of the molecule is CC(C)Cc1csc2cc(-c3cc(-c4[c-]c5ccccc5c(C(C)(C)C)c4)nc4ccoc34)ccc12.CCC(CC)C(=O)/C=C(\O)C(CC)CC.[Ir]. The van der Waals surface area contributed by atoms with Gasteiger partial charge in [-0.3, -0.25) is 9.78 Å². The first-order valence-electron chi connectivity index (χ1n) is 18.7. The van der Waals surface area contributed by atoms with E-state index >= 15 is 0 Å². The third-order valence-electron chi connectivity index (χ3n) is 9.95. The average molecular weight is 893 g/mol. The number of aliphatic hydroxyl groups is 1. The van der Waals surface area contributed by atoms with Crippen LogP contribution in [0.15, 0.2) is 88.6 Å². The van der Waals surface area contributed by atoms with E-state index in [4.69, 9.17) is 9.40 Å². The van der Waals surface area contributed by atoms with E-state index < -0.39 is 0 Å². The van der Waals surface area contributed by atoms with E-state index in [1.54, 1.807) is 6.26 Å². The second kappa shape index (κ2) is 18.0. The van der Waals surface area contributed by atoms with Gasteiger partial charge in [-0.25, -0.2) is 0 Å². The van der Waals surface area contributed by atoms with Gasteiger partial charge in [0.2, 0.25) is 0 Å². The monoisotopic (exact) mass is 893 g/mol. The Labute approximate surface area is 328 Å². The molecule has 0 fully saturated rings. The zero-order valence-electron chi connectivity index (χ0n) is 32.2. The molecule has 3 heterocycles. The molecule has 0 saturated heterocycles. The summed E-state index contributed by atoms with van der Waals surface area (Å²) in [5.41, 5.74) is 8.60. The summed E-state index contributed by atoms with van der Waals surface area (Å²) in [7, 11) is 0. The molecular weight excluding hydrogens is 839 g/mol. The molecule has 0 unspecified atom stereocenters. The van der Waals surface area contributed by atoms with Crippen LogP contribution in [0.2, 0.25) is 0 Å². The van der Waals surface area contributed by atoms with E-state index in [-0.39, 0.29) is 48.9 Å². The minimum atomic E-state index is 0. The molecule has 0 aliphatic carbocycles. The summed E-state index contributed by atoms with van der Waals surface area (Å²) in [6.45, 7) is 19.4. The fourth-order valence-electron chi connectivity index (χ4n) is 6.93. The van der Waals surface area contributed by atoms with Gasteiger partial charge in [-0.2, -0.15) is 0 Å². The number of thiophene rings is 1. The number of pyridine rings is 1. The number of fused-ring (bicyclic) bond motifs is 3. The van der Waals surface area contributed by atoms with Gasteiger partial charge in [-0.1, -0.05) is 110 Å². The smallest absolute Gasteiger partial charge is 0.162 e. The summed E-state index contributed by atoms with van der Waals surface area (Å²) >= 11 is 1.83. The number of ketones is 1. The van der Waals surface area contributed by atoms with Gasteiger partial charge < -0.3 is 9.52 Å². The molecule has 3 aromatic carbocycles. The number of hydrogen-bond acceptors (Lipinski definition) is 5. The van der Waals surface area contributed by atoms with Crippen molar-refractivity contribution < 1.29 is 34.4 Å². The zero-order chi connectivity index (χ0) is 36.9. The Morgan fingerprint density at radius 3 is 2.27 bits per heavy atom. The number of nitrogens with zero attached hydrogens (tertiary/aromatic N) is 1. The summed E-state index contributed by atoms with van der Waals surface area (Å²) in [5.74, 6) is 1.19. The Kier molecular flexibility index (Phi) is 14.2. The Morgan fingerprint density at radius 2 is 1.62 bits per heavy atom. The first-order valence-corrected chi connectivity index (χ1v) is 19.5. The Morgan fingerprint density at radius 1 is 0.923 bits per heavy atom. The maximum absolute atomic E-state index is 11.7. The van der Waals surface area contributed by atoms with Gasteiger partial charge in [0.25, 0.3) is 0 Å². The molecule has 6 aromatic rings. The van der Waals surface area contributed by atoms with Crippen LogP contribution < -0.4 is 0 Å². The summed E-state index contributed by atoms with van der Waals surface area (Å²) < 4.78 is 7.26. The number of allylic oxidation sites excluding steroid dienone is 2. The first kappa shape index (κ1) is 41.2. The van der Waals surface area contributed by atoms with E-state index in [2.05, 4.69) is 101 Å². The molecule has 6 heteroatoms. The second-order valence-electron chi connectivity index (χ2n) is 15.2. The van der Waals surface area contributed by atoms with Crippen LogP contribution in [0.25, 0.3) is 54.3 Å². The molecule has 0 aliphatic heterocycles. The van der Waals surface area contributed by atoms with Crippen molar-refractivity contribution in [3.63, 3.8) is 0 Å². The number of aliphatic hydroxyl groups excluding tert-OH is 1. The van der Waals surface area contributed by atoms with Crippen LogP contribution >= 0.6 is 11.3 Å². The van der Waals surface area contributed by atoms with E-state index in [0.717, 1.165) is 71.0 Å². The normalized spacial score (nSPS) is 12.2. The van der Waals surface area contributed by atoms with Crippen LogP contribution in [0.5, 0.6) is 0 Å². The third kappa shape index (κ3) is 9.31. The molecule has 0 bridgehead atoms. The van der Waals surface area contributed by atoms with E-state index in [9.17, 15) is 9.90 Å². The van der Waals surface area contributed by atoms with Gasteiger partial charge in [0.05, 0.1) is 12.0 Å². The Bertz CT molecular complexity index is 2140. The molecule has 0 saturated carbocycles. The largest absolute Gasteiger partial charge is 0.512 e. The average Bonchev–Trinajstić information content (AvgIpc) is 3.75. The summed E-state index contributed by atoms with van der Waals surface area (Å²) in [4.78, 5) is 16.7. The number of carbonyl (C=O) groups excluding carboxylic acids is 1. The quantitative estimate of drug-likeness (QED) is 0.0800. The standard InChI is InChI=1S/C33H30NOS.C13H24O2.Ir/c1-20(2)14-24-19-36-31-17-22(10-11-26(24)31)27-18-30(34-29-12-13-35-32(27)29)23-15-21-8-6-7-9-25(21)28(16-23)33(3,4)5;1-5-10(6-2)12(14)9-13(15)11(7-3)8-4;/h6-13,16-20H,14H2,1-5H3;9-11,14H,5-8H2,1-4H3;/q-1;;/b;12-9-;. The van der Waals surface area contributed by atoms with Gasteiger partial charge in [-0.05, 0) is 71.4 Å². The van der Waals surface area contributed by atoms with Gasteiger partial charge >= 0.3 is 0 Å². The van der Waals surface area contributed by atoms with Crippen LogP contribution in [0.3, 0.4) is 0 Å². The predicted molar refractivity (Wildman–Crippen MR) is 218 cm³/mol. The van der Waals surface area contributed by atoms with Crippen molar-refractivity contribution in [2.45, 2.75) is 99.8 Å². The van der Waals surface area contributed by atoms with Gasteiger partial charge in [0.1, 0.15) is 5.52 Å². The molecular formula is C46H54IrNO3S-. The van der Waals surface area contributed by atoms with Gasteiger partial charge in [-0.15, -0.1) is 40.5 Å². The molecule has 0 aliphatic rings. The minimum absolute atomic E-state index is 0. The maximum atomic E-state index is 11.7. The number of benzene rings is 3. The molecule has 277 valence electrons. The van der Waals surface area contributed by atoms with Crippen LogP contribution in [-0.4, -0.2) is 15.9 Å². The molecule has 1 radical (unpaired) electrons. The summed E-state index contributed by atoms with van der Waals surface area (Å²) in [6, 6.07) is 25.4. The number of hydrogen-bond donors (Lipinski definition) is 1. The number of aromatic nitrogens is 1. The number of rotatable bonds is 11. The van der Waals surface area contributed by atoms with Crippen LogP contribution in [0, 0.1) is 23.8 Å². The molecule has 1 N–H and O–H groups in total. The molecule has 6 rings (SSSR count). The van der Waals surface area contributed by atoms with E-state index in [1.165, 1.54) is 32.7 Å². The van der Waals surface area contributed by atoms with Crippen molar-refractivity contribution in [1.82, 2.24) is 4.98 Å². The maximum Gasteiger partial charge on any atom is 0.162 e.